The van der Waals surface area contributed by atoms with Gasteiger partial charge >= 0.3 is 11.7 Å². The molecule has 1 aromatic carbocycles. The third-order valence-electron chi connectivity index (χ3n) is 4.11. The fourth-order valence-electron chi connectivity index (χ4n) is 2.35. The van der Waals surface area contributed by atoms with Gasteiger partial charge in [-0.15, -0.1) is 0 Å². The van der Waals surface area contributed by atoms with Crippen LogP contribution in [0.2, 0.25) is 0 Å². The number of benzene rings is 1. The molecular formula is C19H23N3O5. The smallest absolute Gasteiger partial charge is 0.338 e. The molecular weight excluding hydrogens is 350 g/mol. The summed E-state index contributed by atoms with van der Waals surface area (Å²) in [5.74, 6) is -1.26. The van der Waals surface area contributed by atoms with Crippen LogP contribution in [-0.2, 0) is 29.0 Å². The minimum Gasteiger partial charge on any atom is -0.452 e. The SMILES string of the molecule is Cn1c(NC(=O)COC(=O)c2ccc(C(C)(C)C)cc2)cc(=O)n(C)c1=O. The highest BCUT2D eigenvalue weighted by atomic mass is 16.5. The van der Waals surface area contributed by atoms with Gasteiger partial charge in [-0.3, -0.25) is 18.7 Å². The van der Waals surface area contributed by atoms with Gasteiger partial charge in [-0.25, -0.2) is 9.59 Å². The van der Waals surface area contributed by atoms with E-state index in [4.69, 9.17) is 4.74 Å². The van der Waals surface area contributed by atoms with Crippen LogP contribution in [0.1, 0.15) is 36.7 Å². The number of anilines is 1. The third kappa shape index (κ3) is 4.72. The molecule has 0 unspecified atom stereocenters. The Kier molecular flexibility index (Phi) is 5.68. The van der Waals surface area contributed by atoms with Gasteiger partial charge in [0.1, 0.15) is 5.82 Å². The zero-order valence-corrected chi connectivity index (χ0v) is 16.0. The molecule has 2 rings (SSSR count). The van der Waals surface area contributed by atoms with Gasteiger partial charge in [-0.2, -0.15) is 0 Å². The van der Waals surface area contributed by atoms with Gasteiger partial charge in [0.2, 0.25) is 0 Å². The number of carbonyl (C=O) groups is 2. The van der Waals surface area contributed by atoms with Crippen LogP contribution in [0.3, 0.4) is 0 Å². The van der Waals surface area contributed by atoms with Crippen LogP contribution in [-0.4, -0.2) is 27.6 Å². The molecule has 0 spiro atoms. The van der Waals surface area contributed by atoms with E-state index in [0.29, 0.717) is 5.56 Å². The molecule has 0 aliphatic heterocycles. The van der Waals surface area contributed by atoms with Crippen LogP contribution >= 0.6 is 0 Å². The van der Waals surface area contributed by atoms with Crippen LogP contribution in [0, 0.1) is 0 Å². The Labute approximate surface area is 156 Å². The molecule has 0 aliphatic rings. The first-order chi connectivity index (χ1) is 12.5. The zero-order valence-electron chi connectivity index (χ0n) is 16.0. The van der Waals surface area contributed by atoms with E-state index in [1.54, 1.807) is 12.1 Å². The fraction of sp³-hybridized carbons (Fsp3) is 0.368. The van der Waals surface area contributed by atoms with Crippen molar-refractivity contribution in [2.24, 2.45) is 14.1 Å². The van der Waals surface area contributed by atoms with Gasteiger partial charge in [0.25, 0.3) is 11.5 Å². The molecule has 1 aromatic heterocycles. The van der Waals surface area contributed by atoms with Crippen LogP contribution in [0.25, 0.3) is 0 Å². The third-order valence-corrected chi connectivity index (χ3v) is 4.11. The summed E-state index contributed by atoms with van der Waals surface area (Å²) < 4.78 is 7.02. The minimum absolute atomic E-state index is 0.0266. The lowest BCUT2D eigenvalue weighted by molar-refractivity contribution is -0.119. The van der Waals surface area contributed by atoms with Crippen LogP contribution in [0.15, 0.2) is 39.9 Å². The topological polar surface area (TPSA) is 99.4 Å². The Morgan fingerprint density at radius 3 is 2.19 bits per heavy atom. The molecule has 0 radical (unpaired) electrons. The Hall–Kier alpha value is -3.16. The first-order valence-corrected chi connectivity index (χ1v) is 8.35. The van der Waals surface area contributed by atoms with E-state index in [2.05, 4.69) is 26.1 Å². The predicted molar refractivity (Wildman–Crippen MR) is 101 cm³/mol. The number of nitrogens with one attached hydrogen (secondary N) is 1. The fourth-order valence-corrected chi connectivity index (χ4v) is 2.35. The average molecular weight is 373 g/mol. The van der Waals surface area contributed by atoms with E-state index in [0.717, 1.165) is 20.8 Å². The molecule has 1 N–H and O–H groups in total. The summed E-state index contributed by atoms with van der Waals surface area (Å²) in [6.07, 6.45) is 0. The molecule has 0 saturated heterocycles. The van der Waals surface area contributed by atoms with E-state index in [-0.39, 0.29) is 11.2 Å². The number of amides is 1. The molecule has 8 heteroatoms. The second kappa shape index (κ2) is 7.61. The van der Waals surface area contributed by atoms with Gasteiger partial charge in [-0.1, -0.05) is 32.9 Å². The summed E-state index contributed by atoms with van der Waals surface area (Å²) in [5.41, 5.74) is 0.239. The van der Waals surface area contributed by atoms with Gasteiger partial charge in [0.15, 0.2) is 6.61 Å². The lowest BCUT2D eigenvalue weighted by atomic mass is 9.87. The van der Waals surface area contributed by atoms with E-state index in [1.807, 2.05) is 12.1 Å². The van der Waals surface area contributed by atoms with Crippen molar-refractivity contribution in [3.05, 3.63) is 62.3 Å². The quantitative estimate of drug-likeness (QED) is 0.811. The second-order valence-corrected chi connectivity index (χ2v) is 7.22. The number of hydrogen-bond donors (Lipinski definition) is 1. The molecule has 144 valence electrons. The van der Waals surface area contributed by atoms with Crippen LogP contribution < -0.4 is 16.6 Å². The maximum absolute atomic E-state index is 12.1. The summed E-state index contributed by atoms with van der Waals surface area (Å²) in [4.78, 5) is 47.5. The Bertz CT molecular complexity index is 978. The first kappa shape index (κ1) is 20.2. The van der Waals surface area contributed by atoms with E-state index in [9.17, 15) is 19.2 Å². The molecule has 0 atom stereocenters. The molecule has 1 heterocycles. The number of hydrogen-bond acceptors (Lipinski definition) is 5. The van der Waals surface area contributed by atoms with Crippen LogP contribution in [0.5, 0.6) is 0 Å². The first-order valence-electron chi connectivity index (χ1n) is 8.35. The molecule has 27 heavy (non-hydrogen) atoms. The molecule has 0 bridgehead atoms. The maximum atomic E-state index is 12.1. The van der Waals surface area contributed by atoms with Crippen molar-refractivity contribution in [2.75, 3.05) is 11.9 Å². The number of rotatable bonds is 4. The Balaban J connectivity index is 2.01. The minimum atomic E-state index is -0.655. The van der Waals surface area contributed by atoms with Gasteiger partial charge in [0.05, 0.1) is 5.56 Å². The highest BCUT2D eigenvalue weighted by Crippen LogP contribution is 2.22. The zero-order chi connectivity index (χ0) is 20.4. The predicted octanol–water partition coefficient (Wildman–Crippen LogP) is 1.18. The number of aromatic nitrogens is 2. The largest absolute Gasteiger partial charge is 0.452 e. The standard InChI is InChI=1S/C19H23N3O5/c1-19(2,3)13-8-6-12(7-9-13)17(25)27-11-15(23)20-14-10-16(24)22(5)18(26)21(14)4/h6-10H,11H2,1-5H3,(H,20,23). The summed E-state index contributed by atoms with van der Waals surface area (Å²) in [6.45, 7) is 5.65. The van der Waals surface area contributed by atoms with Crippen molar-refractivity contribution >= 4 is 17.7 Å². The Morgan fingerprint density at radius 1 is 1.04 bits per heavy atom. The van der Waals surface area contributed by atoms with Crippen molar-refractivity contribution < 1.29 is 14.3 Å². The summed E-state index contributed by atoms with van der Waals surface area (Å²) in [5, 5.41) is 2.39. The number of nitrogens with zero attached hydrogens (tertiary/aromatic N) is 2. The van der Waals surface area contributed by atoms with Crippen LogP contribution in [0.4, 0.5) is 5.82 Å². The summed E-state index contributed by atoms with van der Waals surface area (Å²) >= 11 is 0. The summed E-state index contributed by atoms with van der Waals surface area (Å²) in [7, 11) is 2.75. The van der Waals surface area contributed by atoms with E-state index >= 15 is 0 Å². The Morgan fingerprint density at radius 2 is 1.63 bits per heavy atom. The second-order valence-electron chi connectivity index (χ2n) is 7.22. The van der Waals surface area contributed by atoms with Gasteiger partial charge in [-0.05, 0) is 23.1 Å². The molecule has 2 aromatic rings. The number of carbonyl (C=O) groups excluding carboxylic acids is 2. The van der Waals surface area contributed by atoms with E-state index in [1.165, 1.54) is 14.1 Å². The lowest BCUT2D eigenvalue weighted by Crippen LogP contribution is -2.38. The monoisotopic (exact) mass is 373 g/mol. The summed E-state index contributed by atoms with van der Waals surface area (Å²) in [6, 6.07) is 8.08. The molecule has 0 saturated carbocycles. The number of esters is 1. The molecule has 8 nitrogen and oxygen atoms in total. The molecule has 0 aliphatic carbocycles. The highest BCUT2D eigenvalue weighted by molar-refractivity contribution is 5.95. The normalized spacial score (nSPS) is 11.1. The van der Waals surface area contributed by atoms with Gasteiger partial charge in [0, 0.05) is 20.2 Å². The van der Waals surface area contributed by atoms with Crippen molar-refractivity contribution in [1.82, 2.24) is 9.13 Å². The average Bonchev–Trinajstić information content (AvgIpc) is 2.61. The van der Waals surface area contributed by atoms with E-state index < -0.39 is 29.7 Å². The van der Waals surface area contributed by atoms with Gasteiger partial charge < -0.3 is 10.1 Å². The van der Waals surface area contributed by atoms with Crippen molar-refractivity contribution in [3.63, 3.8) is 0 Å². The number of ether oxygens (including phenoxy) is 1. The van der Waals surface area contributed by atoms with Crippen molar-refractivity contribution in [3.8, 4) is 0 Å². The molecule has 1 amide bonds. The van der Waals surface area contributed by atoms with Crippen molar-refractivity contribution in [2.45, 2.75) is 26.2 Å². The molecule has 0 fully saturated rings. The highest BCUT2D eigenvalue weighted by Gasteiger charge is 2.16. The lowest BCUT2D eigenvalue weighted by Gasteiger charge is -2.18. The van der Waals surface area contributed by atoms with Crippen molar-refractivity contribution in [1.29, 1.82) is 0 Å². The maximum Gasteiger partial charge on any atom is 0.338 e.